The summed E-state index contributed by atoms with van der Waals surface area (Å²) in [6, 6.07) is 6.29. The minimum absolute atomic E-state index is 0.0134. The van der Waals surface area contributed by atoms with Crippen molar-refractivity contribution < 1.29 is 19.1 Å². The van der Waals surface area contributed by atoms with Crippen LogP contribution in [0.3, 0.4) is 0 Å². The van der Waals surface area contributed by atoms with E-state index in [9.17, 15) is 14.4 Å². The fourth-order valence-corrected chi connectivity index (χ4v) is 6.07. The highest BCUT2D eigenvalue weighted by Crippen LogP contribution is 2.34. The number of likely N-dealkylation sites (tertiary alicyclic amines) is 1. The Labute approximate surface area is 198 Å². The van der Waals surface area contributed by atoms with Gasteiger partial charge in [-0.25, -0.2) is 0 Å². The first-order valence-corrected chi connectivity index (χ1v) is 12.4. The van der Waals surface area contributed by atoms with Gasteiger partial charge in [0.1, 0.15) is 24.8 Å². The quantitative estimate of drug-likeness (QED) is 0.557. The van der Waals surface area contributed by atoms with Crippen LogP contribution in [0.25, 0.3) is 0 Å². The van der Waals surface area contributed by atoms with Crippen LogP contribution in [0.2, 0.25) is 0 Å². The van der Waals surface area contributed by atoms with Crippen molar-refractivity contribution in [3.63, 3.8) is 0 Å². The molecule has 1 aromatic rings. The zero-order valence-corrected chi connectivity index (χ0v) is 19.4. The van der Waals surface area contributed by atoms with Gasteiger partial charge in [-0.05, 0) is 36.5 Å². The maximum atomic E-state index is 13.7. The van der Waals surface area contributed by atoms with Crippen molar-refractivity contribution in [1.82, 2.24) is 21.1 Å². The van der Waals surface area contributed by atoms with Gasteiger partial charge in [-0.15, -0.1) is 11.6 Å². The van der Waals surface area contributed by atoms with Crippen LogP contribution in [0.5, 0.6) is 0 Å². The standard InChI is InChI=1S/C24H31ClN4O4/c25-18-12-29(21-19(30)13-33-22(18)21)24(32)20(14-5-2-1-3-6-14)28-23(31)16-8-4-7-15(9-16)17-10-26-27-11-17/h4,7-9,14,17-18,20-22,26-27H,1-3,5-6,10-13H2,(H,28,31)/t18-,20-,21+,22+/m0/s1. The predicted molar refractivity (Wildman–Crippen MR) is 123 cm³/mol. The third kappa shape index (κ3) is 4.54. The molecule has 3 saturated heterocycles. The van der Waals surface area contributed by atoms with E-state index in [1.54, 1.807) is 11.0 Å². The summed E-state index contributed by atoms with van der Waals surface area (Å²) in [6.07, 6.45) is 4.51. The number of rotatable bonds is 5. The number of carbonyl (C=O) groups is 3. The number of nitrogens with one attached hydrogen (secondary N) is 3. The smallest absolute Gasteiger partial charge is 0.251 e. The zero-order chi connectivity index (χ0) is 22.9. The van der Waals surface area contributed by atoms with Crippen LogP contribution in [0, 0.1) is 5.92 Å². The molecule has 4 atom stereocenters. The third-order valence-electron chi connectivity index (χ3n) is 7.52. The topological polar surface area (TPSA) is 99.8 Å². The Morgan fingerprint density at radius 1 is 1.15 bits per heavy atom. The SMILES string of the molecule is O=C(N[C@H](C(=O)N1C[C@H](Cl)[C@H]2OCC(=O)[C@H]21)C1CCCCC1)c1cccc(C2CNNC2)c1. The molecule has 2 amide bonds. The van der Waals surface area contributed by atoms with Crippen LogP contribution in [0.1, 0.15) is 53.9 Å². The number of fused-ring (bicyclic) bond motifs is 1. The van der Waals surface area contributed by atoms with Crippen LogP contribution < -0.4 is 16.2 Å². The van der Waals surface area contributed by atoms with Gasteiger partial charge in [0.2, 0.25) is 5.91 Å². The predicted octanol–water partition coefficient (Wildman–Crippen LogP) is 1.34. The number of hydrogen-bond acceptors (Lipinski definition) is 6. The molecular formula is C24H31ClN4O4. The second kappa shape index (κ2) is 9.70. The molecule has 1 saturated carbocycles. The third-order valence-corrected chi connectivity index (χ3v) is 7.91. The number of hydrogen-bond donors (Lipinski definition) is 3. The average Bonchev–Trinajstić information content (AvgIpc) is 3.58. The molecule has 3 heterocycles. The van der Waals surface area contributed by atoms with Gasteiger partial charge >= 0.3 is 0 Å². The van der Waals surface area contributed by atoms with E-state index in [0.29, 0.717) is 11.5 Å². The summed E-state index contributed by atoms with van der Waals surface area (Å²) in [5.74, 6) is -0.243. The zero-order valence-electron chi connectivity index (χ0n) is 18.6. The lowest BCUT2D eigenvalue weighted by Crippen LogP contribution is -2.55. The minimum atomic E-state index is -0.674. The molecule has 9 heteroatoms. The van der Waals surface area contributed by atoms with Gasteiger partial charge in [-0.1, -0.05) is 31.4 Å². The summed E-state index contributed by atoms with van der Waals surface area (Å²) < 4.78 is 5.55. The second-order valence-corrected chi connectivity index (χ2v) is 10.2. The molecule has 0 bridgehead atoms. The van der Waals surface area contributed by atoms with E-state index in [0.717, 1.165) is 50.8 Å². The largest absolute Gasteiger partial charge is 0.366 e. The molecule has 178 valence electrons. The minimum Gasteiger partial charge on any atom is -0.366 e. The Morgan fingerprint density at radius 3 is 2.67 bits per heavy atom. The molecule has 0 spiro atoms. The number of Topliss-reactive ketones (excluding diaryl/α,β-unsaturated/α-hetero) is 1. The Morgan fingerprint density at radius 2 is 1.91 bits per heavy atom. The maximum absolute atomic E-state index is 13.7. The van der Waals surface area contributed by atoms with E-state index in [2.05, 4.69) is 16.2 Å². The summed E-state index contributed by atoms with van der Waals surface area (Å²) in [4.78, 5) is 41.1. The van der Waals surface area contributed by atoms with Gasteiger partial charge < -0.3 is 15.0 Å². The van der Waals surface area contributed by atoms with E-state index >= 15 is 0 Å². The normalized spacial score (nSPS) is 29.3. The molecular weight excluding hydrogens is 444 g/mol. The summed E-state index contributed by atoms with van der Waals surface area (Å²) in [6.45, 7) is 1.86. The molecule has 8 nitrogen and oxygen atoms in total. The molecule has 33 heavy (non-hydrogen) atoms. The fourth-order valence-electron chi connectivity index (χ4n) is 5.71. The molecule has 0 unspecified atom stereocenters. The molecule has 1 aliphatic carbocycles. The van der Waals surface area contributed by atoms with Crippen molar-refractivity contribution in [1.29, 1.82) is 0 Å². The number of ketones is 1. The summed E-state index contributed by atoms with van der Waals surface area (Å²) in [5.41, 5.74) is 7.86. The van der Waals surface area contributed by atoms with Crippen molar-refractivity contribution in [2.75, 3.05) is 26.2 Å². The lowest BCUT2D eigenvalue weighted by atomic mass is 9.83. The number of alkyl halides is 1. The molecule has 4 aliphatic rings. The highest BCUT2D eigenvalue weighted by Gasteiger charge is 2.53. The highest BCUT2D eigenvalue weighted by atomic mass is 35.5. The highest BCUT2D eigenvalue weighted by molar-refractivity contribution is 6.22. The lowest BCUT2D eigenvalue weighted by molar-refractivity contribution is -0.139. The van der Waals surface area contributed by atoms with Gasteiger partial charge in [-0.2, -0.15) is 0 Å². The summed E-state index contributed by atoms with van der Waals surface area (Å²) >= 11 is 6.42. The van der Waals surface area contributed by atoms with E-state index in [-0.39, 0.29) is 36.7 Å². The van der Waals surface area contributed by atoms with Crippen molar-refractivity contribution in [2.45, 2.75) is 61.6 Å². The first-order valence-electron chi connectivity index (χ1n) is 12.0. The monoisotopic (exact) mass is 474 g/mol. The van der Waals surface area contributed by atoms with Crippen LogP contribution in [0.4, 0.5) is 0 Å². The van der Waals surface area contributed by atoms with Crippen molar-refractivity contribution in [3.8, 4) is 0 Å². The number of nitrogens with zero attached hydrogens (tertiary/aromatic N) is 1. The molecule has 4 fully saturated rings. The van der Waals surface area contributed by atoms with Crippen molar-refractivity contribution in [3.05, 3.63) is 35.4 Å². The number of benzene rings is 1. The van der Waals surface area contributed by atoms with Crippen LogP contribution in [-0.2, 0) is 14.3 Å². The van der Waals surface area contributed by atoms with E-state index in [1.807, 2.05) is 18.2 Å². The molecule has 3 N–H and O–H groups in total. The maximum Gasteiger partial charge on any atom is 0.251 e. The van der Waals surface area contributed by atoms with Crippen LogP contribution in [-0.4, -0.2) is 72.3 Å². The summed E-state index contributed by atoms with van der Waals surface area (Å²) in [5, 5.41) is 2.63. The van der Waals surface area contributed by atoms with E-state index < -0.39 is 23.6 Å². The lowest BCUT2D eigenvalue weighted by Gasteiger charge is -2.34. The molecule has 1 aromatic carbocycles. The molecule has 0 aromatic heterocycles. The second-order valence-electron chi connectivity index (χ2n) is 9.63. The number of halogens is 1. The van der Waals surface area contributed by atoms with Gasteiger partial charge in [0, 0.05) is 31.1 Å². The van der Waals surface area contributed by atoms with Crippen LogP contribution in [0.15, 0.2) is 24.3 Å². The number of carbonyl (C=O) groups excluding carboxylic acids is 3. The van der Waals surface area contributed by atoms with Crippen molar-refractivity contribution >= 4 is 29.2 Å². The first-order chi connectivity index (χ1) is 16.0. The number of amides is 2. The Balaban J connectivity index is 1.37. The molecule has 0 radical (unpaired) electrons. The number of ether oxygens (including phenoxy) is 1. The van der Waals surface area contributed by atoms with Gasteiger partial charge in [0.05, 0.1) is 5.38 Å². The molecule has 3 aliphatic heterocycles. The van der Waals surface area contributed by atoms with E-state index in [4.69, 9.17) is 16.3 Å². The Kier molecular flexibility index (Phi) is 6.69. The van der Waals surface area contributed by atoms with Gasteiger partial charge in [0.25, 0.3) is 5.91 Å². The van der Waals surface area contributed by atoms with Gasteiger partial charge in [-0.3, -0.25) is 25.2 Å². The first kappa shape index (κ1) is 22.8. The van der Waals surface area contributed by atoms with Crippen LogP contribution >= 0.6 is 11.6 Å². The Hall–Kier alpha value is -2.00. The van der Waals surface area contributed by atoms with Gasteiger partial charge in [0.15, 0.2) is 5.78 Å². The number of hydrazine groups is 1. The fraction of sp³-hybridized carbons (Fsp3) is 0.625. The Bertz CT molecular complexity index is 915. The van der Waals surface area contributed by atoms with Crippen molar-refractivity contribution in [2.24, 2.45) is 5.92 Å². The average molecular weight is 475 g/mol. The van der Waals surface area contributed by atoms with E-state index in [1.165, 1.54) is 0 Å². The summed E-state index contributed by atoms with van der Waals surface area (Å²) in [7, 11) is 0. The molecule has 5 rings (SSSR count).